The van der Waals surface area contributed by atoms with Crippen LogP contribution in [0.2, 0.25) is 0 Å². The molecule has 0 radical (unpaired) electrons. The summed E-state index contributed by atoms with van der Waals surface area (Å²) in [6, 6.07) is 4.35. The number of hydrogen-bond donors (Lipinski definition) is 3. The van der Waals surface area contributed by atoms with Crippen LogP contribution >= 0.6 is 11.8 Å². The maximum Gasteiger partial charge on any atom is 0.170 e. The molecule has 110 valence electrons. The molecule has 0 spiro atoms. The van der Waals surface area contributed by atoms with Crippen molar-refractivity contribution in [1.82, 2.24) is 5.32 Å². The van der Waals surface area contributed by atoms with E-state index in [2.05, 4.69) is 16.7 Å². The summed E-state index contributed by atoms with van der Waals surface area (Å²) in [6.07, 6.45) is 5.89. The van der Waals surface area contributed by atoms with Gasteiger partial charge in [0.25, 0.3) is 0 Å². The second kappa shape index (κ2) is 6.45. The van der Waals surface area contributed by atoms with Crippen LogP contribution in [0.3, 0.4) is 0 Å². The Morgan fingerprint density at radius 2 is 2.30 bits per heavy atom. The molecule has 4 N–H and O–H groups in total. The summed E-state index contributed by atoms with van der Waals surface area (Å²) in [5, 5.41) is 15.1. The Bertz CT molecular complexity index is 498. The molecule has 4 nitrogen and oxygen atoms in total. The van der Waals surface area contributed by atoms with Crippen LogP contribution in [0.4, 0.5) is 4.39 Å². The number of nitrogens with one attached hydrogen (secondary N) is 1. The smallest absolute Gasteiger partial charge is 0.170 e. The maximum atomic E-state index is 13.3. The number of nitrogens with zero attached hydrogens (tertiary/aromatic N) is 1. The Morgan fingerprint density at radius 1 is 1.55 bits per heavy atom. The van der Waals surface area contributed by atoms with Gasteiger partial charge < -0.3 is 16.3 Å². The molecule has 0 bridgehead atoms. The molecular weight excluding hydrogens is 277 g/mol. The van der Waals surface area contributed by atoms with Gasteiger partial charge in [-0.2, -0.15) is 11.8 Å². The highest BCUT2D eigenvalue weighted by Crippen LogP contribution is 2.42. The van der Waals surface area contributed by atoms with Gasteiger partial charge in [-0.3, -0.25) is 0 Å². The van der Waals surface area contributed by atoms with Crippen molar-refractivity contribution in [2.45, 2.75) is 30.6 Å². The summed E-state index contributed by atoms with van der Waals surface area (Å²) < 4.78 is 13.6. The van der Waals surface area contributed by atoms with E-state index >= 15 is 0 Å². The van der Waals surface area contributed by atoms with E-state index in [9.17, 15) is 4.39 Å². The molecule has 6 heteroatoms. The molecule has 1 aliphatic carbocycles. The van der Waals surface area contributed by atoms with Gasteiger partial charge in [0.1, 0.15) is 5.82 Å². The Kier molecular flexibility index (Phi) is 4.88. The molecule has 20 heavy (non-hydrogen) atoms. The van der Waals surface area contributed by atoms with Gasteiger partial charge in [0, 0.05) is 23.4 Å². The van der Waals surface area contributed by atoms with Crippen molar-refractivity contribution in [2.24, 2.45) is 10.9 Å². The van der Waals surface area contributed by atoms with Crippen molar-refractivity contribution in [1.29, 1.82) is 0 Å². The molecular formula is C14H20FN3OS. The molecule has 1 aliphatic rings. The maximum absolute atomic E-state index is 13.3. The van der Waals surface area contributed by atoms with E-state index in [1.54, 1.807) is 6.07 Å². The standard InChI is InChI=1S/C14H20FN3OS/c1-20-14(5-2-6-14)9-17-8-10-3-4-11(15)7-12(10)13(16)18-19/h3-4,7,17,19H,2,5-6,8-9H2,1H3,(H2,16,18). The molecule has 2 rings (SSSR count). The molecule has 0 heterocycles. The first-order valence-corrected chi connectivity index (χ1v) is 7.85. The number of thioether (sulfide) groups is 1. The van der Waals surface area contributed by atoms with Crippen molar-refractivity contribution in [3.63, 3.8) is 0 Å². The van der Waals surface area contributed by atoms with E-state index < -0.39 is 5.82 Å². The summed E-state index contributed by atoms with van der Waals surface area (Å²) in [5.74, 6) is -0.459. The van der Waals surface area contributed by atoms with Crippen LogP contribution in [-0.2, 0) is 6.54 Å². The topological polar surface area (TPSA) is 70.6 Å². The van der Waals surface area contributed by atoms with Crippen molar-refractivity contribution in [3.8, 4) is 0 Å². The van der Waals surface area contributed by atoms with Gasteiger partial charge >= 0.3 is 0 Å². The van der Waals surface area contributed by atoms with E-state index in [1.165, 1.54) is 31.4 Å². The molecule has 1 aromatic carbocycles. The Labute approximate surface area is 122 Å². The first-order valence-electron chi connectivity index (χ1n) is 6.62. The SMILES string of the molecule is CSC1(CNCc2ccc(F)cc2/C(N)=N/O)CCC1. The average Bonchev–Trinajstić information content (AvgIpc) is 2.42. The van der Waals surface area contributed by atoms with Gasteiger partial charge in [-0.05, 0) is 36.8 Å². The van der Waals surface area contributed by atoms with Crippen LogP contribution in [0.5, 0.6) is 0 Å². The molecule has 0 amide bonds. The molecule has 0 saturated heterocycles. The lowest BCUT2D eigenvalue weighted by molar-refractivity contribution is 0.318. The summed E-state index contributed by atoms with van der Waals surface area (Å²) in [7, 11) is 0. The lowest BCUT2D eigenvalue weighted by Gasteiger charge is -2.40. The summed E-state index contributed by atoms with van der Waals surface area (Å²) in [5.41, 5.74) is 6.85. The van der Waals surface area contributed by atoms with Crippen LogP contribution in [-0.4, -0.2) is 28.6 Å². The highest BCUT2D eigenvalue weighted by atomic mass is 32.2. The summed E-state index contributed by atoms with van der Waals surface area (Å²) in [6.45, 7) is 1.50. The summed E-state index contributed by atoms with van der Waals surface area (Å²) >= 11 is 1.90. The van der Waals surface area contributed by atoms with Crippen molar-refractivity contribution in [3.05, 3.63) is 35.1 Å². The fraction of sp³-hybridized carbons (Fsp3) is 0.500. The number of halogens is 1. The van der Waals surface area contributed by atoms with Crippen molar-refractivity contribution in [2.75, 3.05) is 12.8 Å². The Balaban J connectivity index is 2.02. The Hall–Kier alpha value is -1.27. The zero-order chi connectivity index (χ0) is 14.6. The number of hydrogen-bond acceptors (Lipinski definition) is 4. The van der Waals surface area contributed by atoms with Gasteiger partial charge in [0.2, 0.25) is 0 Å². The highest BCUT2D eigenvalue weighted by molar-refractivity contribution is 8.00. The van der Waals surface area contributed by atoms with Crippen molar-refractivity contribution >= 4 is 17.6 Å². The third-order valence-electron chi connectivity index (χ3n) is 3.92. The quantitative estimate of drug-likeness (QED) is 0.326. The largest absolute Gasteiger partial charge is 0.409 e. The number of oxime groups is 1. The third-order valence-corrected chi connectivity index (χ3v) is 5.33. The van der Waals surface area contributed by atoms with Crippen LogP contribution in [0.1, 0.15) is 30.4 Å². The molecule has 1 fully saturated rings. The molecule has 1 saturated carbocycles. The lowest BCUT2D eigenvalue weighted by atomic mass is 9.84. The summed E-state index contributed by atoms with van der Waals surface area (Å²) in [4.78, 5) is 0. The van der Waals surface area contributed by atoms with Crippen LogP contribution < -0.4 is 11.1 Å². The molecule has 0 aromatic heterocycles. The normalized spacial score (nSPS) is 17.8. The average molecular weight is 297 g/mol. The lowest BCUT2D eigenvalue weighted by Crippen LogP contribution is -2.43. The highest BCUT2D eigenvalue weighted by Gasteiger charge is 2.35. The minimum absolute atomic E-state index is 0.0653. The first-order chi connectivity index (χ1) is 9.60. The van der Waals surface area contributed by atoms with Gasteiger partial charge in [-0.15, -0.1) is 0 Å². The van der Waals surface area contributed by atoms with Gasteiger partial charge in [-0.1, -0.05) is 17.6 Å². The van der Waals surface area contributed by atoms with E-state index in [1.807, 2.05) is 11.8 Å². The van der Waals surface area contributed by atoms with Crippen LogP contribution in [0.15, 0.2) is 23.4 Å². The number of rotatable bonds is 6. The molecule has 1 aromatic rings. The number of amidine groups is 1. The second-order valence-corrected chi connectivity index (χ2v) is 6.41. The Morgan fingerprint density at radius 3 is 2.85 bits per heavy atom. The molecule has 0 unspecified atom stereocenters. The number of nitrogens with two attached hydrogens (primary N) is 1. The molecule has 0 aliphatic heterocycles. The van der Waals surface area contributed by atoms with Crippen molar-refractivity contribution < 1.29 is 9.60 Å². The van der Waals surface area contributed by atoms with Crippen LogP contribution in [0, 0.1) is 5.82 Å². The second-order valence-electron chi connectivity index (χ2n) is 5.13. The first kappa shape index (κ1) is 15.1. The fourth-order valence-electron chi connectivity index (χ4n) is 2.44. The van der Waals surface area contributed by atoms with Gasteiger partial charge in [0.05, 0.1) is 0 Å². The van der Waals surface area contributed by atoms with Gasteiger partial charge in [-0.25, -0.2) is 4.39 Å². The van der Waals surface area contributed by atoms with Crippen LogP contribution in [0.25, 0.3) is 0 Å². The predicted molar refractivity (Wildman–Crippen MR) is 80.7 cm³/mol. The predicted octanol–water partition coefficient (Wildman–Crippen LogP) is 2.30. The minimum atomic E-state index is -0.394. The zero-order valence-electron chi connectivity index (χ0n) is 11.5. The van der Waals surface area contributed by atoms with E-state index in [0.29, 0.717) is 16.9 Å². The van der Waals surface area contributed by atoms with Gasteiger partial charge in [0.15, 0.2) is 5.84 Å². The zero-order valence-corrected chi connectivity index (χ0v) is 12.3. The van der Waals surface area contributed by atoms with E-state index in [4.69, 9.17) is 10.9 Å². The minimum Gasteiger partial charge on any atom is -0.409 e. The monoisotopic (exact) mass is 297 g/mol. The van der Waals surface area contributed by atoms with E-state index in [0.717, 1.165) is 12.1 Å². The molecule has 0 atom stereocenters. The fourth-order valence-corrected chi connectivity index (χ4v) is 3.39. The third kappa shape index (κ3) is 3.24. The number of benzene rings is 1. The van der Waals surface area contributed by atoms with E-state index in [-0.39, 0.29) is 5.84 Å².